The van der Waals surface area contributed by atoms with Gasteiger partial charge in [-0.25, -0.2) is 15.0 Å². The Labute approximate surface area is 198 Å². The van der Waals surface area contributed by atoms with Gasteiger partial charge in [0.1, 0.15) is 6.33 Å². The Bertz CT molecular complexity index is 1200. The fourth-order valence-electron chi connectivity index (χ4n) is 7.05. The second-order valence-electron chi connectivity index (χ2n) is 10.9. The van der Waals surface area contributed by atoms with Gasteiger partial charge in [-0.05, 0) is 81.3 Å². The molecule has 3 heterocycles. The summed E-state index contributed by atoms with van der Waals surface area (Å²) in [6.07, 6.45) is 17.0. The van der Waals surface area contributed by atoms with Crippen LogP contribution in [0, 0.1) is 17.8 Å². The summed E-state index contributed by atoms with van der Waals surface area (Å²) in [6, 6.07) is 5.86. The van der Waals surface area contributed by atoms with Gasteiger partial charge in [-0.15, -0.1) is 0 Å². The van der Waals surface area contributed by atoms with Crippen LogP contribution in [0.5, 0.6) is 0 Å². The SMILES string of the molecule is O=C(Nc1ccn(C23CC4CC(CC(C4)C2)C3)n1)c1nc(C2CC2)ccc1Nc1cncnc1. The number of nitrogens with one attached hydrogen (secondary N) is 2. The fourth-order valence-corrected chi connectivity index (χ4v) is 7.05. The van der Waals surface area contributed by atoms with Crippen molar-refractivity contribution >= 4 is 23.1 Å². The topological polar surface area (TPSA) is 97.6 Å². The van der Waals surface area contributed by atoms with Crippen LogP contribution in [0.25, 0.3) is 0 Å². The van der Waals surface area contributed by atoms with E-state index in [-0.39, 0.29) is 11.4 Å². The molecule has 8 rings (SSSR count). The van der Waals surface area contributed by atoms with Gasteiger partial charge in [-0.1, -0.05) is 0 Å². The normalized spacial score (nSPS) is 29.2. The molecule has 1 amide bonds. The molecule has 34 heavy (non-hydrogen) atoms. The lowest BCUT2D eigenvalue weighted by Gasteiger charge is -2.56. The van der Waals surface area contributed by atoms with E-state index in [4.69, 9.17) is 10.1 Å². The average molecular weight is 456 g/mol. The van der Waals surface area contributed by atoms with E-state index < -0.39 is 0 Å². The Morgan fingerprint density at radius 3 is 2.35 bits per heavy atom. The molecular formula is C26H29N7O. The molecule has 174 valence electrons. The van der Waals surface area contributed by atoms with Crippen molar-refractivity contribution in [2.75, 3.05) is 10.6 Å². The van der Waals surface area contributed by atoms with Crippen LogP contribution in [0.2, 0.25) is 0 Å². The lowest BCUT2D eigenvalue weighted by Crippen LogP contribution is -2.52. The first-order valence-corrected chi connectivity index (χ1v) is 12.5. The number of rotatable bonds is 6. The van der Waals surface area contributed by atoms with E-state index in [1.807, 2.05) is 18.2 Å². The molecule has 5 fully saturated rings. The number of carbonyl (C=O) groups excluding carboxylic acids is 1. The van der Waals surface area contributed by atoms with Crippen molar-refractivity contribution in [1.82, 2.24) is 24.7 Å². The molecule has 4 bridgehead atoms. The van der Waals surface area contributed by atoms with Crippen LogP contribution in [-0.2, 0) is 5.54 Å². The van der Waals surface area contributed by atoms with E-state index in [0.717, 1.165) is 36.3 Å². The number of pyridine rings is 1. The summed E-state index contributed by atoms with van der Waals surface area (Å²) in [5.41, 5.74) is 2.83. The molecule has 8 heteroatoms. The second-order valence-corrected chi connectivity index (χ2v) is 10.9. The van der Waals surface area contributed by atoms with Crippen LogP contribution in [0.1, 0.15) is 73.5 Å². The molecule has 5 saturated carbocycles. The van der Waals surface area contributed by atoms with Crippen molar-refractivity contribution in [2.45, 2.75) is 62.8 Å². The summed E-state index contributed by atoms with van der Waals surface area (Å²) in [6.45, 7) is 0. The number of hydrogen-bond donors (Lipinski definition) is 2. The first-order chi connectivity index (χ1) is 16.6. The quantitative estimate of drug-likeness (QED) is 0.551. The van der Waals surface area contributed by atoms with E-state index in [1.54, 1.807) is 12.4 Å². The van der Waals surface area contributed by atoms with Gasteiger partial charge in [0.05, 0.1) is 29.3 Å². The minimum Gasteiger partial charge on any atom is -0.351 e. The highest BCUT2D eigenvalue weighted by atomic mass is 16.2. The van der Waals surface area contributed by atoms with E-state index in [1.165, 1.54) is 44.9 Å². The highest BCUT2D eigenvalue weighted by Crippen LogP contribution is 2.58. The summed E-state index contributed by atoms with van der Waals surface area (Å²) >= 11 is 0. The van der Waals surface area contributed by atoms with Crippen molar-refractivity contribution in [3.8, 4) is 0 Å². The molecule has 0 spiro atoms. The van der Waals surface area contributed by atoms with Gasteiger partial charge in [0.25, 0.3) is 5.91 Å². The number of hydrogen-bond acceptors (Lipinski definition) is 6. The van der Waals surface area contributed by atoms with E-state index in [0.29, 0.717) is 28.8 Å². The molecule has 0 atom stereocenters. The van der Waals surface area contributed by atoms with Crippen LogP contribution < -0.4 is 10.6 Å². The lowest BCUT2D eigenvalue weighted by molar-refractivity contribution is -0.0492. The number of anilines is 3. The van der Waals surface area contributed by atoms with Crippen LogP contribution in [0.15, 0.2) is 43.1 Å². The maximum Gasteiger partial charge on any atom is 0.277 e. The molecule has 0 saturated heterocycles. The lowest BCUT2D eigenvalue weighted by atomic mass is 9.53. The zero-order chi connectivity index (χ0) is 22.7. The third-order valence-corrected chi connectivity index (χ3v) is 8.29. The Morgan fingerprint density at radius 2 is 1.68 bits per heavy atom. The maximum atomic E-state index is 13.4. The number of aromatic nitrogens is 5. The van der Waals surface area contributed by atoms with Crippen LogP contribution in [0.4, 0.5) is 17.2 Å². The molecule has 3 aromatic heterocycles. The van der Waals surface area contributed by atoms with E-state index >= 15 is 0 Å². The van der Waals surface area contributed by atoms with Crippen molar-refractivity contribution in [3.63, 3.8) is 0 Å². The zero-order valence-corrected chi connectivity index (χ0v) is 19.2. The van der Waals surface area contributed by atoms with Gasteiger partial charge < -0.3 is 10.6 Å². The molecule has 0 radical (unpaired) electrons. The molecule has 3 aromatic rings. The number of carbonyl (C=O) groups is 1. The molecule has 5 aliphatic carbocycles. The third-order valence-electron chi connectivity index (χ3n) is 8.29. The first-order valence-electron chi connectivity index (χ1n) is 12.5. The monoisotopic (exact) mass is 455 g/mol. The Hall–Kier alpha value is -3.29. The predicted molar refractivity (Wildman–Crippen MR) is 128 cm³/mol. The summed E-state index contributed by atoms with van der Waals surface area (Å²) in [7, 11) is 0. The molecular weight excluding hydrogens is 426 g/mol. The molecule has 5 aliphatic rings. The molecule has 0 aliphatic heterocycles. The van der Waals surface area contributed by atoms with Crippen molar-refractivity contribution in [2.24, 2.45) is 17.8 Å². The number of nitrogens with zero attached hydrogens (tertiary/aromatic N) is 5. The molecule has 2 N–H and O–H groups in total. The summed E-state index contributed by atoms with van der Waals surface area (Å²) in [5, 5.41) is 11.1. The molecule has 0 aromatic carbocycles. The first kappa shape index (κ1) is 20.1. The average Bonchev–Trinajstić information content (AvgIpc) is 3.57. The van der Waals surface area contributed by atoms with Crippen molar-refractivity contribution in [1.29, 1.82) is 0 Å². The van der Waals surface area contributed by atoms with Gasteiger partial charge in [-0.3, -0.25) is 9.48 Å². The molecule has 8 nitrogen and oxygen atoms in total. The molecule has 0 unspecified atom stereocenters. The van der Waals surface area contributed by atoms with E-state index in [2.05, 4.69) is 31.5 Å². The number of amides is 1. The van der Waals surface area contributed by atoms with Gasteiger partial charge in [0, 0.05) is 23.9 Å². The van der Waals surface area contributed by atoms with Crippen LogP contribution in [-0.4, -0.2) is 30.6 Å². The minimum atomic E-state index is -0.252. The smallest absolute Gasteiger partial charge is 0.277 e. The van der Waals surface area contributed by atoms with Crippen LogP contribution >= 0.6 is 0 Å². The second kappa shape index (κ2) is 7.61. The Kier molecular flexibility index (Phi) is 4.50. The van der Waals surface area contributed by atoms with Crippen molar-refractivity contribution < 1.29 is 4.79 Å². The maximum absolute atomic E-state index is 13.4. The minimum absolute atomic E-state index is 0.141. The Balaban J connectivity index is 1.14. The van der Waals surface area contributed by atoms with Gasteiger partial charge in [0.2, 0.25) is 0 Å². The summed E-state index contributed by atoms with van der Waals surface area (Å²) in [5.74, 6) is 3.33. The summed E-state index contributed by atoms with van der Waals surface area (Å²) in [4.78, 5) is 26.2. The largest absolute Gasteiger partial charge is 0.351 e. The van der Waals surface area contributed by atoms with Gasteiger partial charge >= 0.3 is 0 Å². The zero-order valence-electron chi connectivity index (χ0n) is 19.2. The fraction of sp³-hybridized carbons (Fsp3) is 0.500. The standard InChI is InChI=1S/C26H29N7O/c34-25(24-22(29-20-13-27-15-28-14-20)4-3-21(30-24)19-1-2-19)31-23-5-6-33(32-23)26-10-16-7-17(11-26)9-18(8-16)12-26/h3-6,13-19,29H,1-2,7-12H2,(H,31,32,34). The van der Waals surface area contributed by atoms with E-state index in [9.17, 15) is 4.79 Å². The summed E-state index contributed by atoms with van der Waals surface area (Å²) < 4.78 is 2.17. The van der Waals surface area contributed by atoms with Gasteiger partial charge in [-0.2, -0.15) is 5.10 Å². The van der Waals surface area contributed by atoms with Crippen molar-refractivity contribution in [3.05, 3.63) is 54.5 Å². The van der Waals surface area contributed by atoms with Crippen LogP contribution in [0.3, 0.4) is 0 Å². The predicted octanol–water partition coefficient (Wildman–Crippen LogP) is 4.87. The third kappa shape index (κ3) is 3.56. The highest BCUT2D eigenvalue weighted by Gasteiger charge is 2.52. The highest BCUT2D eigenvalue weighted by molar-refractivity contribution is 6.06. The van der Waals surface area contributed by atoms with Gasteiger partial charge in [0.15, 0.2) is 11.5 Å². The Morgan fingerprint density at radius 1 is 0.971 bits per heavy atom.